The van der Waals surface area contributed by atoms with E-state index in [1.165, 1.54) is 6.07 Å². The van der Waals surface area contributed by atoms with Crippen LogP contribution in [0.4, 0.5) is 17.6 Å². The van der Waals surface area contributed by atoms with Crippen LogP contribution in [-0.4, -0.2) is 42.6 Å². The number of benzene rings is 1. The molecule has 0 bridgehead atoms. The van der Waals surface area contributed by atoms with Crippen molar-refractivity contribution in [2.24, 2.45) is 11.8 Å². The van der Waals surface area contributed by atoms with E-state index in [-0.39, 0.29) is 28.0 Å². The highest BCUT2D eigenvalue weighted by Gasteiger charge is 2.53. The van der Waals surface area contributed by atoms with Gasteiger partial charge in [0.1, 0.15) is 22.3 Å². The van der Waals surface area contributed by atoms with Crippen molar-refractivity contribution < 1.29 is 30.8 Å². The van der Waals surface area contributed by atoms with E-state index in [4.69, 9.17) is 6.42 Å². The molecule has 1 N–H and O–H groups in total. The Kier molecular flexibility index (Phi) is 7.76. The number of hydrogen-bond donors (Lipinski definition) is 1. The van der Waals surface area contributed by atoms with Gasteiger partial charge in [-0.1, -0.05) is 0 Å². The molecule has 3 atom stereocenters. The highest BCUT2D eigenvalue weighted by Crippen LogP contribution is 2.39. The third-order valence-electron chi connectivity index (χ3n) is 5.35. The molecule has 1 aliphatic heterocycles. The van der Waals surface area contributed by atoms with Crippen molar-refractivity contribution in [3.05, 3.63) is 58.3 Å². The molecule has 0 aliphatic carbocycles. The third kappa shape index (κ3) is 5.37. The molecule has 1 fully saturated rings. The first kappa shape index (κ1) is 25.1. The van der Waals surface area contributed by atoms with Crippen LogP contribution in [0, 0.1) is 35.8 Å². The maximum absolute atomic E-state index is 14.0. The minimum absolute atomic E-state index is 0.0185. The first-order valence-electron chi connectivity index (χ1n) is 9.63. The molecular weight excluding hydrogens is 530 g/mol. The highest BCUT2D eigenvalue weighted by atomic mass is 79.9. The summed E-state index contributed by atoms with van der Waals surface area (Å²) in [5, 5.41) is 2.34. The highest BCUT2D eigenvalue weighted by molar-refractivity contribution is 9.10. The predicted molar refractivity (Wildman–Crippen MR) is 114 cm³/mol. The molecule has 2 heterocycles. The lowest BCUT2D eigenvalue weighted by atomic mass is 9.88. The summed E-state index contributed by atoms with van der Waals surface area (Å²) in [6, 6.07) is 3.28. The van der Waals surface area contributed by atoms with E-state index in [0.29, 0.717) is 4.31 Å². The number of nitrogens with one attached hydrogen (secondary N) is 1. The molecule has 3 rings (SSSR count). The minimum Gasteiger partial charge on any atom is -0.351 e. The number of amides is 1. The van der Waals surface area contributed by atoms with Crippen molar-refractivity contribution in [1.29, 1.82) is 0 Å². The van der Waals surface area contributed by atoms with Crippen molar-refractivity contribution >= 4 is 31.9 Å². The lowest BCUT2D eigenvalue weighted by Gasteiger charge is -2.27. The van der Waals surface area contributed by atoms with E-state index in [2.05, 4.69) is 32.2 Å². The van der Waals surface area contributed by atoms with Gasteiger partial charge in [0.25, 0.3) is 0 Å². The van der Waals surface area contributed by atoms with Crippen LogP contribution in [-0.2, 0) is 21.4 Å². The van der Waals surface area contributed by atoms with Crippen molar-refractivity contribution in [1.82, 2.24) is 14.6 Å². The van der Waals surface area contributed by atoms with E-state index in [1.807, 2.05) is 0 Å². The van der Waals surface area contributed by atoms with Gasteiger partial charge in [0.2, 0.25) is 22.4 Å². The number of carbonyl (C=O) groups excluding carboxylic acids is 1. The maximum atomic E-state index is 14.0. The molecule has 0 radical (unpaired) electrons. The zero-order valence-corrected chi connectivity index (χ0v) is 19.3. The summed E-state index contributed by atoms with van der Waals surface area (Å²) in [6.07, 6.45) is 2.96. The van der Waals surface area contributed by atoms with E-state index in [1.54, 1.807) is 0 Å². The molecule has 1 amide bonds. The number of hydrogen-bond acceptors (Lipinski definition) is 4. The van der Waals surface area contributed by atoms with Crippen LogP contribution in [0.5, 0.6) is 0 Å². The Hall–Kier alpha value is -2.49. The van der Waals surface area contributed by atoms with Gasteiger partial charge < -0.3 is 5.32 Å². The third-order valence-corrected chi connectivity index (χ3v) is 7.64. The standard InChI is InChI=1S/C21H18BrF4N3O3S/c1-2-3-12-11-29(33(31,32)15-6-4-14(23)5-7-15)19(18(12)20(25)26)21(30)28-9-13-8-17(22)27-10-16(13)24/h1,4-8,10,12,18-20H,3,9,11H2,(H,28,30)/t12-,18-,19-/m0/s1. The van der Waals surface area contributed by atoms with Crippen molar-refractivity contribution in [3.8, 4) is 12.3 Å². The van der Waals surface area contributed by atoms with Gasteiger partial charge in [-0.05, 0) is 52.2 Å². The lowest BCUT2D eigenvalue weighted by molar-refractivity contribution is -0.127. The summed E-state index contributed by atoms with van der Waals surface area (Å²) in [5.74, 6) is -2.89. The fraction of sp³-hybridized carbons (Fsp3) is 0.333. The molecule has 6 nitrogen and oxygen atoms in total. The number of rotatable bonds is 7. The first-order chi connectivity index (χ1) is 15.6. The molecule has 1 saturated heterocycles. The maximum Gasteiger partial charge on any atom is 0.243 e. The number of aromatic nitrogens is 1. The second-order valence-electron chi connectivity index (χ2n) is 7.37. The number of halogens is 5. The molecule has 1 aromatic heterocycles. The zero-order valence-electron chi connectivity index (χ0n) is 16.9. The van der Waals surface area contributed by atoms with Gasteiger partial charge in [-0.2, -0.15) is 4.31 Å². The second-order valence-corrected chi connectivity index (χ2v) is 10.1. The van der Waals surface area contributed by atoms with Crippen LogP contribution in [0.3, 0.4) is 0 Å². The van der Waals surface area contributed by atoms with Crippen LogP contribution in [0.25, 0.3) is 0 Å². The summed E-state index contributed by atoms with van der Waals surface area (Å²) in [4.78, 5) is 16.3. The largest absolute Gasteiger partial charge is 0.351 e. The molecule has 0 unspecified atom stereocenters. The smallest absolute Gasteiger partial charge is 0.243 e. The Morgan fingerprint density at radius 1 is 1.30 bits per heavy atom. The summed E-state index contributed by atoms with van der Waals surface area (Å²) >= 11 is 3.07. The average molecular weight is 548 g/mol. The van der Waals surface area contributed by atoms with E-state index in [9.17, 15) is 30.8 Å². The van der Waals surface area contributed by atoms with Crippen LogP contribution in [0.2, 0.25) is 0 Å². The van der Waals surface area contributed by atoms with Gasteiger partial charge in [-0.3, -0.25) is 4.79 Å². The molecular formula is C21H18BrF4N3O3S. The Balaban J connectivity index is 1.96. The average Bonchev–Trinajstić information content (AvgIpc) is 3.15. The Morgan fingerprint density at radius 3 is 2.58 bits per heavy atom. The normalized spacial score (nSPS) is 21.2. The molecule has 2 aromatic rings. The van der Waals surface area contributed by atoms with Crippen LogP contribution in [0.15, 0.2) is 46.0 Å². The number of carbonyl (C=O) groups is 1. The van der Waals surface area contributed by atoms with Gasteiger partial charge >= 0.3 is 0 Å². The summed E-state index contributed by atoms with van der Waals surface area (Å²) in [5.41, 5.74) is 0.0185. The summed E-state index contributed by atoms with van der Waals surface area (Å²) < 4.78 is 82.7. The monoisotopic (exact) mass is 547 g/mol. The Bertz CT molecular complexity index is 1170. The van der Waals surface area contributed by atoms with Crippen LogP contribution >= 0.6 is 15.9 Å². The first-order valence-corrected chi connectivity index (χ1v) is 11.9. The summed E-state index contributed by atoms with van der Waals surface area (Å²) in [7, 11) is -4.45. The number of pyridine rings is 1. The van der Waals surface area contributed by atoms with Crippen molar-refractivity contribution in [3.63, 3.8) is 0 Å². The summed E-state index contributed by atoms with van der Waals surface area (Å²) in [6.45, 7) is -0.811. The number of terminal acetylenes is 1. The van der Waals surface area contributed by atoms with Gasteiger partial charge in [-0.25, -0.2) is 31.0 Å². The molecule has 1 aromatic carbocycles. The number of nitrogens with zero attached hydrogens (tertiary/aromatic N) is 2. The molecule has 12 heteroatoms. The fourth-order valence-corrected chi connectivity index (χ4v) is 5.83. The molecule has 1 aliphatic rings. The van der Waals surface area contributed by atoms with Gasteiger partial charge in [0, 0.05) is 25.1 Å². The van der Waals surface area contributed by atoms with Gasteiger partial charge in [0.15, 0.2) is 0 Å². The molecule has 0 saturated carbocycles. The van der Waals surface area contributed by atoms with Gasteiger partial charge in [-0.15, -0.1) is 12.3 Å². The predicted octanol–water partition coefficient (Wildman–Crippen LogP) is 3.33. The quantitative estimate of drug-likeness (QED) is 0.327. The second kappa shape index (κ2) is 10.2. The molecule has 33 heavy (non-hydrogen) atoms. The molecule has 176 valence electrons. The van der Waals surface area contributed by atoms with Crippen LogP contribution in [0.1, 0.15) is 12.0 Å². The SMILES string of the molecule is C#CC[C@H]1CN(S(=O)(=O)c2ccc(F)cc2)[C@H](C(=O)NCc2cc(Br)ncc2F)[C@H]1C(F)F. The lowest BCUT2D eigenvalue weighted by Crippen LogP contribution is -2.49. The fourth-order valence-electron chi connectivity index (χ4n) is 3.78. The number of alkyl halides is 2. The Labute approximate surface area is 196 Å². The van der Waals surface area contributed by atoms with Crippen LogP contribution < -0.4 is 5.32 Å². The minimum atomic E-state index is -4.45. The number of sulfonamides is 1. The zero-order chi connectivity index (χ0) is 24.3. The van der Waals surface area contributed by atoms with E-state index < -0.39 is 58.4 Å². The Morgan fingerprint density at radius 2 is 1.97 bits per heavy atom. The molecule has 0 spiro atoms. The van der Waals surface area contributed by atoms with Crippen molar-refractivity contribution in [2.75, 3.05) is 6.54 Å². The topological polar surface area (TPSA) is 79.4 Å². The van der Waals surface area contributed by atoms with E-state index >= 15 is 0 Å². The van der Waals surface area contributed by atoms with Crippen molar-refractivity contribution in [2.45, 2.75) is 30.3 Å². The van der Waals surface area contributed by atoms with E-state index in [0.717, 1.165) is 30.5 Å². The van der Waals surface area contributed by atoms with Gasteiger partial charge in [0.05, 0.1) is 17.0 Å².